The molecule has 1 aromatic carbocycles. The maximum atomic E-state index is 12.2. The van der Waals surface area contributed by atoms with Crippen LogP contribution in [0.25, 0.3) is 0 Å². The van der Waals surface area contributed by atoms with E-state index in [9.17, 15) is 4.79 Å². The van der Waals surface area contributed by atoms with Gasteiger partial charge in [-0.1, -0.05) is 39.0 Å². The van der Waals surface area contributed by atoms with Crippen LogP contribution < -0.4 is 5.32 Å². The fourth-order valence-electron chi connectivity index (χ4n) is 2.90. The van der Waals surface area contributed by atoms with Gasteiger partial charge in [-0.05, 0) is 36.3 Å². The minimum atomic E-state index is 0.112. The first kappa shape index (κ1) is 15.9. The molecule has 0 aliphatic carbocycles. The first-order valence-electron chi connectivity index (χ1n) is 8.09. The number of carbonyl (C=O) groups is 1. The molecule has 0 unspecified atom stereocenters. The molecule has 0 bridgehead atoms. The summed E-state index contributed by atoms with van der Waals surface area (Å²) in [6, 6.07) is 8.38. The summed E-state index contributed by atoms with van der Waals surface area (Å²) in [6.07, 6.45) is 4.16. The molecule has 1 saturated heterocycles. The van der Waals surface area contributed by atoms with E-state index in [0.717, 1.165) is 31.6 Å². The van der Waals surface area contributed by atoms with Gasteiger partial charge >= 0.3 is 0 Å². The predicted molar refractivity (Wildman–Crippen MR) is 88.7 cm³/mol. The Hall–Kier alpha value is -1.51. The van der Waals surface area contributed by atoms with Crippen molar-refractivity contribution >= 4 is 11.6 Å². The summed E-state index contributed by atoms with van der Waals surface area (Å²) in [5.74, 6) is 0.287. The van der Waals surface area contributed by atoms with Gasteiger partial charge < -0.3 is 10.2 Å². The van der Waals surface area contributed by atoms with E-state index in [2.05, 4.69) is 44.3 Å². The average Bonchev–Trinajstić information content (AvgIpc) is 2.47. The normalized spacial score (nSPS) is 15.9. The Labute approximate surface area is 128 Å². The van der Waals surface area contributed by atoms with Gasteiger partial charge in [-0.2, -0.15) is 0 Å². The molecule has 0 atom stereocenters. The minimum Gasteiger partial charge on any atom is -0.384 e. The second-order valence-electron chi connectivity index (χ2n) is 6.91. The number of carbonyl (C=O) groups excluding carboxylic acids is 1. The molecule has 1 aromatic rings. The highest BCUT2D eigenvalue weighted by molar-refractivity contribution is 5.76. The van der Waals surface area contributed by atoms with E-state index in [0.29, 0.717) is 13.0 Å². The predicted octanol–water partition coefficient (Wildman–Crippen LogP) is 3.80. The van der Waals surface area contributed by atoms with E-state index in [-0.39, 0.29) is 11.3 Å². The number of benzene rings is 1. The van der Waals surface area contributed by atoms with Gasteiger partial charge in [0.05, 0.1) is 0 Å². The molecule has 1 N–H and O–H groups in total. The van der Waals surface area contributed by atoms with Crippen molar-refractivity contribution in [3.63, 3.8) is 0 Å². The van der Waals surface area contributed by atoms with Crippen LogP contribution in [0.15, 0.2) is 24.3 Å². The van der Waals surface area contributed by atoms with Crippen molar-refractivity contribution in [3.05, 3.63) is 29.8 Å². The molecule has 0 radical (unpaired) electrons. The topological polar surface area (TPSA) is 32.3 Å². The number of hydrogen-bond acceptors (Lipinski definition) is 2. The fourth-order valence-corrected chi connectivity index (χ4v) is 2.90. The Morgan fingerprint density at radius 3 is 2.48 bits per heavy atom. The average molecular weight is 288 g/mol. The zero-order valence-electron chi connectivity index (χ0n) is 13.6. The smallest absolute Gasteiger partial charge is 0.224 e. The molecule has 0 aromatic heterocycles. The van der Waals surface area contributed by atoms with Crippen LogP contribution in [0.2, 0.25) is 0 Å². The van der Waals surface area contributed by atoms with Gasteiger partial charge in [0.1, 0.15) is 0 Å². The van der Waals surface area contributed by atoms with Crippen LogP contribution in [-0.4, -0.2) is 30.4 Å². The number of para-hydroxylation sites is 1. The second-order valence-corrected chi connectivity index (χ2v) is 6.91. The molecule has 0 saturated carbocycles. The van der Waals surface area contributed by atoms with Gasteiger partial charge in [-0.3, -0.25) is 4.79 Å². The Morgan fingerprint density at radius 1 is 1.14 bits per heavy atom. The zero-order valence-corrected chi connectivity index (χ0v) is 13.6. The number of likely N-dealkylation sites (tertiary alicyclic amines) is 1. The van der Waals surface area contributed by atoms with Crippen LogP contribution in [0, 0.1) is 0 Å². The fraction of sp³-hybridized carbons (Fsp3) is 0.611. The highest BCUT2D eigenvalue weighted by Gasteiger charge is 2.18. The lowest BCUT2D eigenvalue weighted by atomic mass is 9.86. The quantitative estimate of drug-likeness (QED) is 0.914. The van der Waals surface area contributed by atoms with Crippen molar-refractivity contribution < 1.29 is 4.79 Å². The Bertz CT molecular complexity index is 470. The lowest BCUT2D eigenvalue weighted by Gasteiger charge is -2.27. The lowest BCUT2D eigenvalue weighted by molar-refractivity contribution is -0.131. The van der Waals surface area contributed by atoms with Crippen molar-refractivity contribution in [2.45, 2.75) is 51.9 Å². The second kappa shape index (κ2) is 6.97. The highest BCUT2D eigenvalue weighted by atomic mass is 16.2. The highest BCUT2D eigenvalue weighted by Crippen LogP contribution is 2.29. The molecule has 21 heavy (non-hydrogen) atoms. The van der Waals surface area contributed by atoms with Gasteiger partial charge in [-0.25, -0.2) is 0 Å². The van der Waals surface area contributed by atoms with Crippen LogP contribution in [0.4, 0.5) is 5.69 Å². The number of nitrogens with one attached hydrogen (secondary N) is 1. The monoisotopic (exact) mass is 288 g/mol. The van der Waals surface area contributed by atoms with Crippen molar-refractivity contribution in [2.24, 2.45) is 0 Å². The van der Waals surface area contributed by atoms with Gasteiger partial charge in [0, 0.05) is 31.7 Å². The number of amides is 1. The van der Waals surface area contributed by atoms with Gasteiger partial charge in [0.25, 0.3) is 0 Å². The molecular weight excluding hydrogens is 260 g/mol. The zero-order chi connectivity index (χ0) is 15.3. The summed E-state index contributed by atoms with van der Waals surface area (Å²) in [6.45, 7) is 9.24. The van der Waals surface area contributed by atoms with E-state index in [1.807, 2.05) is 11.0 Å². The molecule has 1 amide bonds. The standard InChI is InChI=1S/C18H28N2O/c1-18(2,3)15-9-5-6-10-16(15)19-12-11-17(21)20-13-7-4-8-14-20/h5-6,9-10,19H,4,7-8,11-14H2,1-3H3. The van der Waals surface area contributed by atoms with Crippen molar-refractivity contribution in [3.8, 4) is 0 Å². The molecule has 3 nitrogen and oxygen atoms in total. The molecule has 3 heteroatoms. The molecule has 1 heterocycles. The number of nitrogens with zero attached hydrogens (tertiary/aromatic N) is 1. The van der Waals surface area contributed by atoms with Crippen LogP contribution in [0.1, 0.15) is 52.0 Å². The molecular formula is C18H28N2O. The van der Waals surface area contributed by atoms with Crippen molar-refractivity contribution in [1.29, 1.82) is 0 Å². The Kier molecular flexibility index (Phi) is 5.27. The number of piperidine rings is 1. The lowest BCUT2D eigenvalue weighted by Crippen LogP contribution is -2.36. The molecule has 1 aliphatic heterocycles. The Morgan fingerprint density at radius 2 is 1.81 bits per heavy atom. The molecule has 0 spiro atoms. The van der Waals surface area contributed by atoms with Crippen LogP contribution >= 0.6 is 0 Å². The first-order chi connectivity index (χ1) is 9.98. The van der Waals surface area contributed by atoms with E-state index < -0.39 is 0 Å². The maximum Gasteiger partial charge on any atom is 0.224 e. The third kappa shape index (κ3) is 4.48. The SMILES string of the molecule is CC(C)(C)c1ccccc1NCCC(=O)N1CCCCC1. The minimum absolute atomic E-state index is 0.112. The van der Waals surface area contributed by atoms with Crippen molar-refractivity contribution in [1.82, 2.24) is 4.90 Å². The van der Waals surface area contributed by atoms with E-state index in [1.54, 1.807) is 0 Å². The summed E-state index contributed by atoms with van der Waals surface area (Å²) < 4.78 is 0. The number of hydrogen-bond donors (Lipinski definition) is 1. The van der Waals surface area contributed by atoms with Gasteiger partial charge in [0.15, 0.2) is 0 Å². The van der Waals surface area contributed by atoms with E-state index >= 15 is 0 Å². The molecule has 116 valence electrons. The van der Waals surface area contributed by atoms with Gasteiger partial charge in [0.2, 0.25) is 5.91 Å². The summed E-state index contributed by atoms with van der Waals surface area (Å²) in [7, 11) is 0. The molecule has 2 rings (SSSR count). The summed E-state index contributed by atoms with van der Waals surface area (Å²) in [5, 5.41) is 3.44. The number of anilines is 1. The third-order valence-electron chi connectivity index (χ3n) is 4.10. The molecule has 1 aliphatic rings. The van der Waals surface area contributed by atoms with E-state index in [4.69, 9.17) is 0 Å². The van der Waals surface area contributed by atoms with Crippen LogP contribution in [0.3, 0.4) is 0 Å². The van der Waals surface area contributed by atoms with Crippen LogP contribution in [0.5, 0.6) is 0 Å². The van der Waals surface area contributed by atoms with Crippen LogP contribution in [-0.2, 0) is 10.2 Å². The first-order valence-corrected chi connectivity index (χ1v) is 8.09. The van der Waals surface area contributed by atoms with E-state index in [1.165, 1.54) is 12.0 Å². The summed E-state index contributed by atoms with van der Waals surface area (Å²) >= 11 is 0. The van der Waals surface area contributed by atoms with Crippen molar-refractivity contribution in [2.75, 3.05) is 25.0 Å². The molecule has 1 fully saturated rings. The summed E-state index contributed by atoms with van der Waals surface area (Å²) in [5.41, 5.74) is 2.56. The maximum absolute atomic E-state index is 12.2. The third-order valence-corrected chi connectivity index (χ3v) is 4.10. The Balaban J connectivity index is 1.87. The number of rotatable bonds is 4. The largest absolute Gasteiger partial charge is 0.384 e. The van der Waals surface area contributed by atoms with Gasteiger partial charge in [-0.15, -0.1) is 0 Å². The summed E-state index contributed by atoms with van der Waals surface area (Å²) in [4.78, 5) is 14.2.